The minimum atomic E-state index is -1.47. The molecule has 116 valence electrons. The van der Waals surface area contributed by atoms with E-state index in [1.807, 2.05) is 0 Å². The molecule has 0 atom stereocenters. The fourth-order valence-corrected chi connectivity index (χ4v) is 2.12. The van der Waals surface area contributed by atoms with Crippen molar-refractivity contribution in [1.82, 2.24) is 15.5 Å². The highest BCUT2D eigenvalue weighted by molar-refractivity contribution is 9.10. The first-order valence-electron chi connectivity index (χ1n) is 6.13. The Hall–Kier alpha value is -1.74. The van der Waals surface area contributed by atoms with Crippen LogP contribution in [0.5, 0.6) is 0 Å². The second-order valence-corrected chi connectivity index (χ2v) is 5.46. The van der Waals surface area contributed by atoms with E-state index in [0.29, 0.717) is 10.3 Å². The van der Waals surface area contributed by atoms with Crippen LogP contribution in [0, 0.1) is 17.5 Å². The molecule has 0 fully saturated rings. The summed E-state index contributed by atoms with van der Waals surface area (Å²) < 4.78 is 40.0. The number of anilines is 1. The van der Waals surface area contributed by atoms with E-state index >= 15 is 0 Å². The van der Waals surface area contributed by atoms with Crippen molar-refractivity contribution in [2.24, 2.45) is 0 Å². The number of aromatic nitrogens is 2. The minimum absolute atomic E-state index is 0.0647. The van der Waals surface area contributed by atoms with Crippen LogP contribution in [-0.2, 0) is 6.42 Å². The second-order valence-electron chi connectivity index (χ2n) is 4.19. The van der Waals surface area contributed by atoms with Gasteiger partial charge in [-0.3, -0.25) is 0 Å². The van der Waals surface area contributed by atoms with Crippen molar-refractivity contribution in [2.75, 3.05) is 11.9 Å². The van der Waals surface area contributed by atoms with E-state index in [4.69, 9.17) is 12.2 Å². The molecule has 0 saturated carbocycles. The molecule has 1 heterocycles. The van der Waals surface area contributed by atoms with Gasteiger partial charge in [-0.2, -0.15) is 5.10 Å². The van der Waals surface area contributed by atoms with Gasteiger partial charge in [0.05, 0.1) is 10.7 Å². The lowest BCUT2D eigenvalue weighted by Crippen LogP contribution is -2.31. The Morgan fingerprint density at radius 3 is 2.68 bits per heavy atom. The predicted octanol–water partition coefficient (Wildman–Crippen LogP) is 3.19. The molecule has 2 N–H and O–H groups in total. The Balaban J connectivity index is 1.88. The van der Waals surface area contributed by atoms with E-state index in [2.05, 4.69) is 36.8 Å². The van der Waals surface area contributed by atoms with Gasteiger partial charge in [-0.25, -0.2) is 13.2 Å². The predicted molar refractivity (Wildman–Crippen MR) is 84.0 cm³/mol. The van der Waals surface area contributed by atoms with Crippen molar-refractivity contribution in [3.63, 3.8) is 0 Å². The van der Waals surface area contributed by atoms with E-state index in [1.165, 1.54) is 12.3 Å². The molecule has 0 bridgehead atoms. The minimum Gasteiger partial charge on any atom is -0.362 e. The largest absolute Gasteiger partial charge is 0.362 e. The lowest BCUT2D eigenvalue weighted by molar-refractivity contribution is 0.441. The summed E-state index contributed by atoms with van der Waals surface area (Å²) in [6.07, 6.45) is 1.66. The van der Waals surface area contributed by atoms with Crippen molar-refractivity contribution >= 4 is 39.1 Å². The molecule has 0 amide bonds. The van der Waals surface area contributed by atoms with E-state index in [0.717, 1.165) is 6.07 Å². The monoisotopic (exact) mass is 390 g/mol. The van der Waals surface area contributed by atoms with E-state index in [9.17, 15) is 13.2 Å². The van der Waals surface area contributed by atoms with Crippen LogP contribution < -0.4 is 10.6 Å². The summed E-state index contributed by atoms with van der Waals surface area (Å²) in [7, 11) is 0. The van der Waals surface area contributed by atoms with Gasteiger partial charge in [0.25, 0.3) is 0 Å². The first-order chi connectivity index (χ1) is 10.5. The summed E-state index contributed by atoms with van der Waals surface area (Å²) in [5.41, 5.74) is 0.0647. The molecule has 1 aromatic heterocycles. The average Bonchev–Trinajstić information content (AvgIpc) is 2.50. The molecule has 9 heteroatoms. The van der Waals surface area contributed by atoms with Gasteiger partial charge >= 0.3 is 0 Å². The zero-order valence-corrected chi connectivity index (χ0v) is 13.4. The Morgan fingerprint density at radius 2 is 1.95 bits per heavy atom. The Bertz CT molecular complexity index is 699. The van der Waals surface area contributed by atoms with Gasteiger partial charge in [0.15, 0.2) is 28.4 Å². The summed E-state index contributed by atoms with van der Waals surface area (Å²) in [4.78, 5) is 0. The molecule has 1 aromatic carbocycles. The van der Waals surface area contributed by atoms with Crippen molar-refractivity contribution in [1.29, 1.82) is 0 Å². The van der Waals surface area contributed by atoms with Gasteiger partial charge in [-0.15, -0.1) is 5.10 Å². The molecule has 0 spiro atoms. The maximum Gasteiger partial charge on any atom is 0.194 e. The molecule has 2 aromatic rings. The summed E-state index contributed by atoms with van der Waals surface area (Å²) >= 11 is 8.33. The molecule has 0 aliphatic heterocycles. The first kappa shape index (κ1) is 16.6. The normalized spacial score (nSPS) is 10.4. The zero-order chi connectivity index (χ0) is 16.1. The van der Waals surface area contributed by atoms with Gasteiger partial charge in [-0.05, 0) is 52.3 Å². The number of thiocarbonyl (C=S) groups is 1. The number of hydrogen-bond acceptors (Lipinski definition) is 3. The molecular formula is C13H10BrF3N4S. The van der Waals surface area contributed by atoms with Crippen LogP contribution in [0.4, 0.5) is 19.0 Å². The van der Waals surface area contributed by atoms with E-state index < -0.39 is 17.5 Å². The van der Waals surface area contributed by atoms with Crippen molar-refractivity contribution < 1.29 is 13.2 Å². The topological polar surface area (TPSA) is 49.8 Å². The Morgan fingerprint density at radius 1 is 1.18 bits per heavy atom. The molecule has 0 radical (unpaired) electrons. The highest BCUT2D eigenvalue weighted by atomic mass is 79.9. The van der Waals surface area contributed by atoms with E-state index in [1.54, 1.807) is 6.07 Å². The first-order valence-corrected chi connectivity index (χ1v) is 7.33. The molecular weight excluding hydrogens is 381 g/mol. The number of rotatable bonds is 4. The summed E-state index contributed by atoms with van der Waals surface area (Å²) in [6.45, 7) is 0.242. The zero-order valence-electron chi connectivity index (χ0n) is 11.0. The number of nitrogens with one attached hydrogen (secondary N) is 2. The summed E-state index contributed by atoms with van der Waals surface area (Å²) in [5, 5.41) is 13.4. The highest BCUT2D eigenvalue weighted by Gasteiger charge is 2.13. The Kier molecular flexibility index (Phi) is 5.67. The summed E-state index contributed by atoms with van der Waals surface area (Å²) in [6, 6.07) is 3.78. The molecule has 0 saturated heterocycles. The van der Waals surface area contributed by atoms with Crippen LogP contribution in [-0.4, -0.2) is 21.9 Å². The van der Waals surface area contributed by atoms with Crippen LogP contribution in [0.3, 0.4) is 0 Å². The second kappa shape index (κ2) is 7.50. The lowest BCUT2D eigenvalue weighted by atomic mass is 10.1. The fourth-order valence-electron chi connectivity index (χ4n) is 1.62. The molecule has 0 unspecified atom stereocenters. The number of nitrogens with zero attached hydrogens (tertiary/aromatic N) is 2. The van der Waals surface area contributed by atoms with Gasteiger partial charge in [0, 0.05) is 6.54 Å². The maximum absolute atomic E-state index is 13.5. The maximum atomic E-state index is 13.5. The Labute approximate surface area is 138 Å². The van der Waals surface area contributed by atoms with Gasteiger partial charge in [0.2, 0.25) is 0 Å². The van der Waals surface area contributed by atoms with Crippen LogP contribution in [0.25, 0.3) is 0 Å². The van der Waals surface area contributed by atoms with Crippen LogP contribution in [0.15, 0.2) is 28.9 Å². The molecule has 4 nitrogen and oxygen atoms in total. The number of benzene rings is 1. The standard InChI is InChI=1S/C13H10BrF3N4S/c14-8-4-6-19-21-12(8)20-13(22)18-5-3-7-1-2-9(15)11(17)10(7)16/h1-2,4,6H,3,5H2,(H2,18,20,21,22). The number of halogens is 4. The smallest absolute Gasteiger partial charge is 0.194 e. The molecule has 2 rings (SSSR count). The average molecular weight is 391 g/mol. The fraction of sp³-hybridized carbons (Fsp3) is 0.154. The van der Waals surface area contributed by atoms with Gasteiger partial charge < -0.3 is 10.6 Å². The molecule has 0 aliphatic carbocycles. The third-order valence-electron chi connectivity index (χ3n) is 2.70. The van der Waals surface area contributed by atoms with Gasteiger partial charge in [0.1, 0.15) is 0 Å². The molecule has 0 aliphatic rings. The van der Waals surface area contributed by atoms with Crippen LogP contribution in [0.1, 0.15) is 5.56 Å². The number of hydrogen-bond donors (Lipinski definition) is 2. The third-order valence-corrected chi connectivity index (χ3v) is 3.58. The lowest BCUT2D eigenvalue weighted by Gasteiger charge is -2.11. The van der Waals surface area contributed by atoms with Crippen LogP contribution >= 0.6 is 28.1 Å². The van der Waals surface area contributed by atoms with Gasteiger partial charge in [-0.1, -0.05) is 6.07 Å². The van der Waals surface area contributed by atoms with Crippen molar-refractivity contribution in [3.8, 4) is 0 Å². The van der Waals surface area contributed by atoms with Crippen molar-refractivity contribution in [3.05, 3.63) is 51.9 Å². The highest BCUT2D eigenvalue weighted by Crippen LogP contribution is 2.17. The quantitative estimate of drug-likeness (QED) is 0.620. The molecule has 22 heavy (non-hydrogen) atoms. The summed E-state index contributed by atoms with van der Waals surface area (Å²) in [5.74, 6) is -3.43. The van der Waals surface area contributed by atoms with Crippen LogP contribution in [0.2, 0.25) is 0 Å². The van der Waals surface area contributed by atoms with E-state index in [-0.39, 0.29) is 23.6 Å². The van der Waals surface area contributed by atoms with Crippen molar-refractivity contribution in [2.45, 2.75) is 6.42 Å². The third kappa shape index (κ3) is 4.14. The SMILES string of the molecule is Fc1ccc(CCNC(=S)Nc2nnccc2Br)c(F)c1F.